The molecular formula is C54H34N2O. The highest BCUT2D eigenvalue weighted by molar-refractivity contribution is 6.19. The highest BCUT2D eigenvalue weighted by Gasteiger charge is 2.19. The summed E-state index contributed by atoms with van der Waals surface area (Å²) in [5, 5.41) is 7.24. The van der Waals surface area contributed by atoms with E-state index < -0.39 is 0 Å². The van der Waals surface area contributed by atoms with Crippen LogP contribution < -0.4 is 0 Å². The highest BCUT2D eigenvalue weighted by atomic mass is 16.3. The van der Waals surface area contributed by atoms with Gasteiger partial charge in [-0.15, -0.1) is 0 Å². The van der Waals surface area contributed by atoms with Crippen LogP contribution in [-0.4, -0.2) is 9.13 Å². The molecule has 57 heavy (non-hydrogen) atoms. The SMILES string of the molecule is c1ccc(-c2cccc(-c3cccc(-n4c5ccccc5c5cc6c7ccccc7n(-c7ccc(-c8cccc9c8oc8ccccc89)cc7)c6cc54)c3)c2)cc1. The third-order valence-electron chi connectivity index (χ3n) is 11.7. The average molecular weight is 727 g/mol. The van der Waals surface area contributed by atoms with E-state index in [1.165, 1.54) is 65.9 Å². The van der Waals surface area contributed by atoms with Crippen molar-refractivity contribution in [2.45, 2.75) is 0 Å². The molecule has 0 radical (unpaired) electrons. The van der Waals surface area contributed by atoms with Gasteiger partial charge in [-0.1, -0.05) is 146 Å². The molecule has 0 unspecified atom stereocenters. The van der Waals surface area contributed by atoms with Gasteiger partial charge in [-0.05, 0) is 88.5 Å². The van der Waals surface area contributed by atoms with E-state index in [2.05, 4.69) is 203 Å². The van der Waals surface area contributed by atoms with Crippen molar-refractivity contribution in [2.24, 2.45) is 0 Å². The standard InChI is InChI=1S/C54H34N2O/c1-2-13-35(14-3-1)37-15-10-16-38(31-37)39-17-11-18-41(32-39)56-50-25-8-5-20-44(50)48-33-47-43-19-4-7-24-49(43)55(51(47)34-52(48)56)40-29-27-36(28-30-40)42-22-12-23-46-45-21-6-9-26-53(45)57-54(42)46/h1-34H. The zero-order valence-electron chi connectivity index (χ0n) is 30.9. The van der Waals surface area contributed by atoms with Crippen LogP contribution in [0, 0.1) is 0 Å². The molecule has 9 aromatic carbocycles. The molecule has 0 amide bonds. The summed E-state index contributed by atoms with van der Waals surface area (Å²) in [7, 11) is 0. The van der Waals surface area contributed by atoms with Crippen LogP contribution in [0.3, 0.4) is 0 Å². The first-order chi connectivity index (χ1) is 28.3. The minimum absolute atomic E-state index is 0.912. The zero-order chi connectivity index (χ0) is 37.5. The smallest absolute Gasteiger partial charge is 0.143 e. The second kappa shape index (κ2) is 12.5. The summed E-state index contributed by atoms with van der Waals surface area (Å²) >= 11 is 0. The highest BCUT2D eigenvalue weighted by Crippen LogP contribution is 2.41. The van der Waals surface area contributed by atoms with Gasteiger partial charge < -0.3 is 13.6 Å². The molecule has 12 aromatic rings. The van der Waals surface area contributed by atoms with Crippen LogP contribution in [0.2, 0.25) is 0 Å². The molecule has 0 saturated heterocycles. The third-order valence-corrected chi connectivity index (χ3v) is 11.7. The number of hydrogen-bond acceptors (Lipinski definition) is 1. The Bertz CT molecular complexity index is 3510. The van der Waals surface area contributed by atoms with E-state index in [-0.39, 0.29) is 0 Å². The van der Waals surface area contributed by atoms with E-state index in [0.29, 0.717) is 0 Å². The fourth-order valence-corrected chi connectivity index (χ4v) is 9.09. The number of benzene rings is 9. The predicted octanol–water partition coefficient (Wildman–Crippen LogP) is 14.8. The Morgan fingerprint density at radius 1 is 0.281 bits per heavy atom. The molecule has 266 valence electrons. The molecule has 0 N–H and O–H groups in total. The van der Waals surface area contributed by atoms with E-state index in [4.69, 9.17) is 4.42 Å². The first kappa shape index (κ1) is 31.7. The third kappa shape index (κ3) is 4.92. The Kier molecular flexibility index (Phi) is 6.93. The lowest BCUT2D eigenvalue weighted by Crippen LogP contribution is -1.96. The molecule has 0 bridgehead atoms. The van der Waals surface area contributed by atoms with Crippen molar-refractivity contribution in [1.29, 1.82) is 0 Å². The maximum Gasteiger partial charge on any atom is 0.143 e. The Labute approximate surface area is 328 Å². The van der Waals surface area contributed by atoms with Crippen molar-refractivity contribution < 1.29 is 4.42 Å². The molecule has 0 spiro atoms. The fraction of sp³-hybridized carbons (Fsp3) is 0. The van der Waals surface area contributed by atoms with Crippen LogP contribution in [0.15, 0.2) is 211 Å². The normalized spacial score (nSPS) is 11.9. The van der Waals surface area contributed by atoms with Crippen LogP contribution in [0.4, 0.5) is 0 Å². The minimum atomic E-state index is 0.912. The molecule has 12 rings (SSSR count). The van der Waals surface area contributed by atoms with Crippen LogP contribution in [0.1, 0.15) is 0 Å². The number of rotatable bonds is 5. The summed E-state index contributed by atoms with van der Waals surface area (Å²) in [6.45, 7) is 0. The second-order valence-electron chi connectivity index (χ2n) is 14.9. The van der Waals surface area contributed by atoms with E-state index in [1.54, 1.807) is 0 Å². The number of furan rings is 1. The van der Waals surface area contributed by atoms with Crippen LogP contribution >= 0.6 is 0 Å². The van der Waals surface area contributed by atoms with Gasteiger partial charge in [0.1, 0.15) is 11.2 Å². The number of nitrogens with zero attached hydrogens (tertiary/aromatic N) is 2. The molecule has 0 aliphatic heterocycles. The number of para-hydroxylation sites is 4. The minimum Gasteiger partial charge on any atom is -0.455 e. The molecule has 0 saturated carbocycles. The molecule has 3 heteroatoms. The Hall–Kier alpha value is -7.62. The fourth-order valence-electron chi connectivity index (χ4n) is 9.09. The van der Waals surface area contributed by atoms with Crippen LogP contribution in [0.25, 0.3) is 110 Å². The molecule has 0 fully saturated rings. The molecule has 3 nitrogen and oxygen atoms in total. The second-order valence-corrected chi connectivity index (χ2v) is 14.9. The molecule has 0 aliphatic carbocycles. The summed E-state index contributed by atoms with van der Waals surface area (Å²) < 4.78 is 11.3. The van der Waals surface area contributed by atoms with E-state index >= 15 is 0 Å². The topological polar surface area (TPSA) is 23.0 Å². The zero-order valence-corrected chi connectivity index (χ0v) is 30.9. The van der Waals surface area contributed by atoms with Crippen LogP contribution in [0.5, 0.6) is 0 Å². The predicted molar refractivity (Wildman–Crippen MR) is 239 cm³/mol. The van der Waals surface area contributed by atoms with Crippen LogP contribution in [-0.2, 0) is 0 Å². The lowest BCUT2D eigenvalue weighted by Gasteiger charge is -2.12. The van der Waals surface area contributed by atoms with E-state index in [9.17, 15) is 0 Å². The van der Waals surface area contributed by atoms with Gasteiger partial charge in [-0.2, -0.15) is 0 Å². The molecular weight excluding hydrogens is 693 g/mol. The van der Waals surface area contributed by atoms with Gasteiger partial charge in [0.25, 0.3) is 0 Å². The van der Waals surface area contributed by atoms with Gasteiger partial charge in [0, 0.05) is 49.3 Å². The summed E-state index contributed by atoms with van der Waals surface area (Å²) in [5.74, 6) is 0. The maximum atomic E-state index is 6.42. The lowest BCUT2D eigenvalue weighted by molar-refractivity contribution is 0.670. The molecule has 3 heterocycles. The summed E-state index contributed by atoms with van der Waals surface area (Å²) in [5.41, 5.74) is 15.8. The Balaban J connectivity index is 1.04. The van der Waals surface area contributed by atoms with Crippen molar-refractivity contribution in [3.05, 3.63) is 206 Å². The molecule has 0 atom stereocenters. The summed E-state index contributed by atoms with van der Waals surface area (Å²) in [6, 6.07) is 74.5. The monoisotopic (exact) mass is 726 g/mol. The van der Waals surface area contributed by atoms with E-state index in [1.807, 2.05) is 12.1 Å². The van der Waals surface area contributed by atoms with E-state index in [0.717, 1.165) is 44.4 Å². The van der Waals surface area contributed by atoms with Crippen molar-refractivity contribution in [2.75, 3.05) is 0 Å². The van der Waals surface area contributed by atoms with Gasteiger partial charge in [-0.3, -0.25) is 0 Å². The van der Waals surface area contributed by atoms with Crippen molar-refractivity contribution in [3.63, 3.8) is 0 Å². The number of fused-ring (bicyclic) bond motifs is 9. The maximum absolute atomic E-state index is 6.42. The summed E-state index contributed by atoms with van der Waals surface area (Å²) in [4.78, 5) is 0. The Morgan fingerprint density at radius 3 is 1.56 bits per heavy atom. The lowest BCUT2D eigenvalue weighted by atomic mass is 9.99. The van der Waals surface area contributed by atoms with Gasteiger partial charge in [0.15, 0.2) is 0 Å². The molecule has 3 aromatic heterocycles. The summed E-state index contributed by atoms with van der Waals surface area (Å²) in [6.07, 6.45) is 0. The number of hydrogen-bond donors (Lipinski definition) is 0. The van der Waals surface area contributed by atoms with Gasteiger partial charge in [0.05, 0.1) is 22.1 Å². The average Bonchev–Trinajstić information content (AvgIpc) is 3.93. The Morgan fingerprint density at radius 2 is 0.825 bits per heavy atom. The van der Waals surface area contributed by atoms with Gasteiger partial charge in [0.2, 0.25) is 0 Å². The number of aromatic nitrogens is 2. The largest absolute Gasteiger partial charge is 0.455 e. The first-order valence-corrected chi connectivity index (χ1v) is 19.5. The molecule has 0 aliphatic rings. The first-order valence-electron chi connectivity index (χ1n) is 19.5. The van der Waals surface area contributed by atoms with Crippen molar-refractivity contribution in [1.82, 2.24) is 9.13 Å². The van der Waals surface area contributed by atoms with Crippen molar-refractivity contribution in [3.8, 4) is 44.8 Å². The quantitative estimate of drug-likeness (QED) is 0.173. The van der Waals surface area contributed by atoms with Gasteiger partial charge in [-0.25, -0.2) is 0 Å². The van der Waals surface area contributed by atoms with Crippen molar-refractivity contribution >= 4 is 65.6 Å². The van der Waals surface area contributed by atoms with Gasteiger partial charge >= 0.3 is 0 Å².